The number of carbonyl (C=O) groups is 9. The predicted octanol–water partition coefficient (Wildman–Crippen LogP) is 3.61. The van der Waals surface area contributed by atoms with Gasteiger partial charge in [-0.25, -0.2) is 4.79 Å². The van der Waals surface area contributed by atoms with Gasteiger partial charge in [-0.1, -0.05) is 143 Å². The number of carbonyl (C=O) groups excluding carboxylic acids is 8. The van der Waals surface area contributed by atoms with Gasteiger partial charge in [0.2, 0.25) is 47.3 Å². The van der Waals surface area contributed by atoms with Crippen LogP contribution >= 0.6 is 0 Å². The van der Waals surface area contributed by atoms with Gasteiger partial charge in [0, 0.05) is 25.9 Å². The molecule has 2 aliphatic rings. The molecule has 2 aliphatic heterocycles. The summed E-state index contributed by atoms with van der Waals surface area (Å²) in [4.78, 5) is 129. The number of hydrogen-bond acceptors (Lipinski definition) is 10. The first kappa shape index (κ1) is 62.2. The van der Waals surface area contributed by atoms with Crippen LogP contribution in [0.3, 0.4) is 0 Å². The van der Waals surface area contributed by atoms with Gasteiger partial charge in [-0.05, 0) is 79.2 Å². The van der Waals surface area contributed by atoms with Crippen LogP contribution in [0.25, 0.3) is 0 Å². The van der Waals surface area contributed by atoms with Crippen molar-refractivity contribution in [2.75, 3.05) is 13.1 Å². The van der Waals surface area contributed by atoms with Crippen LogP contribution in [0.1, 0.15) is 132 Å². The van der Waals surface area contributed by atoms with E-state index in [4.69, 9.17) is 5.73 Å². The van der Waals surface area contributed by atoms with Crippen LogP contribution in [0.5, 0.6) is 0 Å². The third-order valence-corrected chi connectivity index (χ3v) is 14.7. The summed E-state index contributed by atoms with van der Waals surface area (Å²) in [6.45, 7) is 19.0. The summed E-state index contributed by atoms with van der Waals surface area (Å²) in [5, 5.41) is 26.8. The van der Waals surface area contributed by atoms with Crippen molar-refractivity contribution in [2.24, 2.45) is 35.3 Å². The smallest absolute Gasteiger partial charge is 0.326 e. The molecule has 2 aromatic carbocycles. The summed E-state index contributed by atoms with van der Waals surface area (Å²) in [6, 6.07) is 8.42. The summed E-state index contributed by atoms with van der Waals surface area (Å²) < 4.78 is 0. The van der Waals surface area contributed by atoms with E-state index in [-0.39, 0.29) is 68.9 Å². The highest BCUT2D eigenvalue weighted by atomic mass is 16.4. The Balaban J connectivity index is 1.54. The fraction of sp³-hybridized carbons (Fsp3) is 0.632. The van der Waals surface area contributed by atoms with Crippen LogP contribution in [-0.4, -0.2) is 136 Å². The first-order chi connectivity index (χ1) is 36.0. The molecule has 11 atom stereocenters. The molecule has 0 radical (unpaired) electrons. The number of nitrogens with two attached hydrogens (primary N) is 1. The molecule has 2 heterocycles. The van der Waals surface area contributed by atoms with E-state index in [1.54, 1.807) is 62.4 Å². The predicted molar refractivity (Wildman–Crippen MR) is 290 cm³/mol. The molecule has 420 valence electrons. The van der Waals surface area contributed by atoms with E-state index in [1.807, 2.05) is 67.5 Å². The highest BCUT2D eigenvalue weighted by Crippen LogP contribution is 2.27. The van der Waals surface area contributed by atoms with Gasteiger partial charge in [-0.3, -0.25) is 38.4 Å². The molecule has 0 aromatic heterocycles. The molecular weight excluding hydrogens is 971 g/mol. The third-order valence-electron chi connectivity index (χ3n) is 14.7. The Labute approximate surface area is 449 Å². The SMILES string of the molecule is CC[C@H](C)[C@H](N)C(=O)N[C@H](C(=O)N[C@@H](CC(C)C)C(=O)N[C@H](C(=O)N1CCC[C@H]1C(=O)N1CCC[C@H]1C(=O)N[C@H](Cc1ccccc1)C(=O)N[C@@H](Cc1ccccc1)C(=O)N[C@@H](CC(C)C)C(=O)O)C(C)C)[C@@H](C)CC. The number of amides is 8. The molecule has 0 saturated carbocycles. The summed E-state index contributed by atoms with van der Waals surface area (Å²) in [5.74, 6) is -6.65. The summed E-state index contributed by atoms with van der Waals surface area (Å²) in [6.07, 6.45) is 3.24. The lowest BCUT2D eigenvalue weighted by Crippen LogP contribution is -2.61. The first-order valence-corrected chi connectivity index (χ1v) is 27.5. The zero-order valence-electron chi connectivity index (χ0n) is 46.4. The largest absolute Gasteiger partial charge is 0.480 e. The molecular formula is C57H87N9O10. The van der Waals surface area contributed by atoms with Gasteiger partial charge >= 0.3 is 5.97 Å². The molecule has 2 saturated heterocycles. The lowest BCUT2D eigenvalue weighted by molar-refractivity contribution is -0.148. The van der Waals surface area contributed by atoms with Crippen LogP contribution in [0, 0.1) is 29.6 Å². The van der Waals surface area contributed by atoms with Crippen molar-refractivity contribution in [3.8, 4) is 0 Å². The molecule has 0 unspecified atom stereocenters. The summed E-state index contributed by atoms with van der Waals surface area (Å²) >= 11 is 0. The molecule has 0 aliphatic carbocycles. The number of hydrogen-bond donors (Lipinski definition) is 8. The second-order valence-corrected chi connectivity index (χ2v) is 22.1. The Morgan fingerprint density at radius 2 is 0.987 bits per heavy atom. The van der Waals surface area contributed by atoms with Crippen molar-refractivity contribution in [3.63, 3.8) is 0 Å². The average Bonchev–Trinajstić information content (AvgIpc) is 4.09. The lowest BCUT2D eigenvalue weighted by Gasteiger charge is -2.35. The number of carboxylic acid groups (broad SMARTS) is 1. The highest BCUT2D eigenvalue weighted by Gasteiger charge is 2.45. The number of carboxylic acids is 1. The van der Waals surface area contributed by atoms with Crippen molar-refractivity contribution in [1.82, 2.24) is 41.7 Å². The standard InChI is InChI=1S/C57H87N9O10/c1-11-36(9)46(58)53(71)64-48(37(10)12-2)54(72)61-40(29-33(3)4)51(69)63-47(35(7)8)56(74)66-28-20-26-45(66)55(73)65-27-19-25-44(65)52(70)60-42(32-39-23-17-14-18-24-39)49(67)59-41(31-38-21-15-13-16-22-38)50(68)62-43(57(75)76)30-34(5)6/h13-18,21-24,33-37,40-48H,11-12,19-20,25-32,58H2,1-10H3,(H,59,67)(H,60,70)(H,61,72)(H,62,68)(H,63,69)(H,64,71)(H,75,76)/t36-,37-,40-,41-,42+,43-,44-,45-,46-,47-,48-/m0/s1. The molecule has 2 aromatic rings. The molecule has 0 bridgehead atoms. The van der Waals surface area contributed by atoms with Gasteiger partial charge in [0.25, 0.3) is 0 Å². The molecule has 76 heavy (non-hydrogen) atoms. The lowest BCUT2D eigenvalue weighted by atomic mass is 9.94. The Morgan fingerprint density at radius 3 is 1.49 bits per heavy atom. The minimum absolute atomic E-state index is 0.0286. The van der Waals surface area contributed by atoms with Gasteiger partial charge in [-0.2, -0.15) is 0 Å². The average molecular weight is 1060 g/mol. The zero-order valence-corrected chi connectivity index (χ0v) is 46.4. The van der Waals surface area contributed by atoms with Gasteiger partial charge in [0.15, 0.2) is 0 Å². The van der Waals surface area contributed by atoms with E-state index in [0.29, 0.717) is 43.2 Å². The Kier molecular flexibility index (Phi) is 24.4. The minimum Gasteiger partial charge on any atom is -0.480 e. The van der Waals surface area contributed by atoms with E-state index in [2.05, 4.69) is 31.9 Å². The van der Waals surface area contributed by atoms with Crippen LogP contribution < -0.4 is 37.6 Å². The van der Waals surface area contributed by atoms with E-state index >= 15 is 0 Å². The number of aliphatic carboxylic acids is 1. The number of likely N-dealkylation sites (tertiary alicyclic amines) is 2. The van der Waals surface area contributed by atoms with Crippen molar-refractivity contribution < 1.29 is 48.3 Å². The van der Waals surface area contributed by atoms with Crippen molar-refractivity contribution in [3.05, 3.63) is 71.8 Å². The van der Waals surface area contributed by atoms with Crippen LogP contribution in [0.4, 0.5) is 0 Å². The van der Waals surface area contributed by atoms with Crippen molar-refractivity contribution in [2.45, 2.75) is 188 Å². The summed E-state index contributed by atoms with van der Waals surface area (Å²) in [7, 11) is 0. The van der Waals surface area contributed by atoms with Gasteiger partial charge in [0.1, 0.15) is 48.3 Å². The number of nitrogens with one attached hydrogen (secondary N) is 6. The molecule has 19 heteroatoms. The van der Waals surface area contributed by atoms with E-state index in [1.165, 1.54) is 9.80 Å². The van der Waals surface area contributed by atoms with Crippen molar-refractivity contribution in [1.29, 1.82) is 0 Å². The molecule has 4 rings (SSSR count). The van der Waals surface area contributed by atoms with Crippen molar-refractivity contribution >= 4 is 53.2 Å². The van der Waals surface area contributed by atoms with E-state index < -0.39 is 114 Å². The Hall–Kier alpha value is -6.37. The quantitative estimate of drug-likeness (QED) is 0.0610. The number of benzene rings is 2. The molecule has 0 spiro atoms. The first-order valence-electron chi connectivity index (χ1n) is 27.5. The fourth-order valence-corrected chi connectivity index (χ4v) is 9.78. The van der Waals surface area contributed by atoms with Gasteiger partial charge < -0.3 is 52.5 Å². The Morgan fingerprint density at radius 1 is 0.539 bits per heavy atom. The third kappa shape index (κ3) is 17.9. The fourth-order valence-electron chi connectivity index (χ4n) is 9.78. The normalized spacial score (nSPS) is 19.1. The molecule has 9 N–H and O–H groups in total. The van der Waals surface area contributed by atoms with Crippen LogP contribution in [0.15, 0.2) is 60.7 Å². The topological polar surface area (TPSA) is 279 Å². The Bertz CT molecular complexity index is 2280. The van der Waals surface area contributed by atoms with Gasteiger partial charge in [-0.15, -0.1) is 0 Å². The molecule has 2 fully saturated rings. The highest BCUT2D eigenvalue weighted by molar-refractivity contribution is 5.98. The monoisotopic (exact) mass is 1060 g/mol. The zero-order chi connectivity index (χ0) is 56.4. The minimum atomic E-state index is -1.22. The maximum Gasteiger partial charge on any atom is 0.326 e. The summed E-state index contributed by atoms with van der Waals surface area (Å²) in [5.41, 5.74) is 7.64. The number of nitrogens with zero attached hydrogens (tertiary/aromatic N) is 2. The second kappa shape index (κ2) is 29.8. The number of rotatable bonds is 28. The molecule has 8 amide bonds. The molecule has 19 nitrogen and oxygen atoms in total. The maximum atomic E-state index is 14.7. The van der Waals surface area contributed by atoms with Crippen LogP contribution in [-0.2, 0) is 56.0 Å². The van der Waals surface area contributed by atoms with Crippen LogP contribution in [0.2, 0.25) is 0 Å². The van der Waals surface area contributed by atoms with Gasteiger partial charge in [0.05, 0.1) is 6.04 Å². The second-order valence-electron chi connectivity index (χ2n) is 22.1. The maximum absolute atomic E-state index is 14.7. The van der Waals surface area contributed by atoms with E-state index in [9.17, 15) is 48.3 Å². The van der Waals surface area contributed by atoms with E-state index in [0.717, 1.165) is 0 Å².